The minimum Gasteiger partial charge on any atom is -0.348 e. The maximum Gasteiger partial charge on any atom is 0.234 e. The molecule has 1 amide bonds. The highest BCUT2D eigenvalue weighted by molar-refractivity contribution is 5.78. The number of amides is 1. The van der Waals surface area contributed by atoms with E-state index in [1.807, 2.05) is 31.2 Å². The number of hydrogen-bond acceptors (Lipinski definition) is 5. The summed E-state index contributed by atoms with van der Waals surface area (Å²) in [5.74, 6) is 0.813. The third kappa shape index (κ3) is 5.02. The van der Waals surface area contributed by atoms with Gasteiger partial charge >= 0.3 is 0 Å². The van der Waals surface area contributed by atoms with E-state index in [1.165, 1.54) is 11.1 Å². The van der Waals surface area contributed by atoms with E-state index in [0.717, 1.165) is 37.7 Å². The number of piperazine rings is 1. The molecule has 0 radical (unpaired) electrons. The molecule has 1 aliphatic rings. The van der Waals surface area contributed by atoms with Crippen molar-refractivity contribution in [2.45, 2.75) is 13.0 Å². The van der Waals surface area contributed by atoms with Gasteiger partial charge in [-0.15, -0.1) is 0 Å². The Balaban J connectivity index is 1.26. The fourth-order valence-corrected chi connectivity index (χ4v) is 3.73. The van der Waals surface area contributed by atoms with Crippen molar-refractivity contribution >= 4 is 11.9 Å². The van der Waals surface area contributed by atoms with E-state index >= 15 is 0 Å². The molecule has 6 nitrogen and oxygen atoms in total. The van der Waals surface area contributed by atoms with E-state index in [2.05, 4.69) is 61.5 Å². The lowest BCUT2D eigenvalue weighted by molar-refractivity contribution is -0.123. The first-order valence-electron chi connectivity index (χ1n) is 10.4. The molecule has 0 spiro atoms. The highest BCUT2D eigenvalue weighted by atomic mass is 16.2. The lowest BCUT2D eigenvalue weighted by Crippen LogP contribution is -2.50. The summed E-state index contributed by atoms with van der Waals surface area (Å²) in [5, 5.41) is 3.13. The molecule has 0 unspecified atom stereocenters. The average molecular weight is 402 g/mol. The van der Waals surface area contributed by atoms with Crippen molar-refractivity contribution in [2.75, 3.05) is 37.6 Å². The number of rotatable bonds is 6. The first-order chi connectivity index (χ1) is 14.7. The zero-order valence-corrected chi connectivity index (χ0v) is 17.2. The Hall–Kier alpha value is -3.25. The predicted molar refractivity (Wildman–Crippen MR) is 119 cm³/mol. The Labute approximate surface area is 177 Å². The summed E-state index contributed by atoms with van der Waals surface area (Å²) in [6.07, 6.45) is 3.52. The monoisotopic (exact) mass is 401 g/mol. The van der Waals surface area contributed by atoms with Gasteiger partial charge in [0.1, 0.15) is 0 Å². The van der Waals surface area contributed by atoms with Crippen molar-refractivity contribution < 1.29 is 4.79 Å². The molecule has 1 atom stereocenters. The van der Waals surface area contributed by atoms with Crippen molar-refractivity contribution in [1.29, 1.82) is 0 Å². The highest BCUT2D eigenvalue weighted by Gasteiger charge is 2.21. The molecule has 0 bridgehead atoms. The first kappa shape index (κ1) is 20.0. The molecule has 1 fully saturated rings. The van der Waals surface area contributed by atoms with Crippen LogP contribution >= 0.6 is 0 Å². The van der Waals surface area contributed by atoms with Crippen LogP contribution in [0.25, 0.3) is 11.1 Å². The van der Waals surface area contributed by atoms with Crippen LogP contribution in [0, 0.1) is 0 Å². The zero-order chi connectivity index (χ0) is 20.8. The summed E-state index contributed by atoms with van der Waals surface area (Å²) < 4.78 is 0. The van der Waals surface area contributed by atoms with Gasteiger partial charge < -0.3 is 10.2 Å². The van der Waals surface area contributed by atoms with Gasteiger partial charge in [0.2, 0.25) is 11.9 Å². The van der Waals surface area contributed by atoms with Gasteiger partial charge in [-0.25, -0.2) is 9.97 Å². The number of hydrogen-bond donors (Lipinski definition) is 1. The Bertz CT molecular complexity index is 938. The van der Waals surface area contributed by atoms with E-state index in [9.17, 15) is 4.79 Å². The second-order valence-corrected chi connectivity index (χ2v) is 7.59. The van der Waals surface area contributed by atoms with Crippen LogP contribution in [0.5, 0.6) is 0 Å². The number of aromatic nitrogens is 2. The Morgan fingerprint density at radius 3 is 2.20 bits per heavy atom. The highest BCUT2D eigenvalue weighted by Crippen LogP contribution is 2.21. The molecular formula is C24H27N5O. The smallest absolute Gasteiger partial charge is 0.234 e. The second-order valence-electron chi connectivity index (χ2n) is 7.59. The molecule has 154 valence electrons. The molecule has 0 aliphatic carbocycles. The Morgan fingerprint density at radius 2 is 1.53 bits per heavy atom. The summed E-state index contributed by atoms with van der Waals surface area (Å²) in [7, 11) is 0. The van der Waals surface area contributed by atoms with Crippen molar-refractivity contribution in [3.05, 3.63) is 78.6 Å². The molecule has 3 aromatic rings. The Morgan fingerprint density at radius 1 is 0.900 bits per heavy atom. The number of carbonyl (C=O) groups excluding carboxylic acids is 1. The average Bonchev–Trinajstić information content (AvgIpc) is 2.81. The van der Waals surface area contributed by atoms with E-state index in [1.54, 1.807) is 12.4 Å². The normalized spacial score (nSPS) is 15.6. The molecule has 30 heavy (non-hydrogen) atoms. The summed E-state index contributed by atoms with van der Waals surface area (Å²) in [6.45, 7) is 5.75. The summed E-state index contributed by atoms with van der Waals surface area (Å²) in [5.41, 5.74) is 3.48. The fourth-order valence-electron chi connectivity index (χ4n) is 3.73. The Kier molecular flexibility index (Phi) is 6.35. The fraction of sp³-hybridized carbons (Fsp3) is 0.292. The van der Waals surface area contributed by atoms with Crippen molar-refractivity contribution in [3.63, 3.8) is 0 Å². The number of carbonyl (C=O) groups is 1. The van der Waals surface area contributed by atoms with Crippen LogP contribution in [0.2, 0.25) is 0 Å². The largest absolute Gasteiger partial charge is 0.348 e. The summed E-state index contributed by atoms with van der Waals surface area (Å²) in [6, 6.07) is 20.5. The molecule has 4 rings (SSSR count). The topological polar surface area (TPSA) is 61.4 Å². The molecule has 2 heterocycles. The molecule has 1 aromatic heterocycles. The SMILES string of the molecule is C[C@H](NC(=O)CN1CCN(c2ncccn2)CC1)c1ccc(-c2ccccc2)cc1. The quantitative estimate of drug-likeness (QED) is 0.688. The maximum atomic E-state index is 12.5. The summed E-state index contributed by atoms with van der Waals surface area (Å²) >= 11 is 0. The third-order valence-corrected chi connectivity index (χ3v) is 5.47. The number of nitrogens with one attached hydrogen (secondary N) is 1. The van der Waals surface area contributed by atoms with Crippen molar-refractivity contribution in [3.8, 4) is 11.1 Å². The standard InChI is InChI=1S/C24H27N5O/c1-19(20-8-10-22(11-9-20)21-6-3-2-4-7-21)27-23(30)18-28-14-16-29(17-15-28)24-25-12-5-13-26-24/h2-13,19H,14-18H2,1H3,(H,27,30)/t19-/m0/s1. The van der Waals surface area contributed by atoms with Gasteiger partial charge in [-0.1, -0.05) is 54.6 Å². The minimum absolute atomic E-state index is 0.0265. The van der Waals surface area contributed by atoms with Crippen molar-refractivity contribution in [1.82, 2.24) is 20.2 Å². The van der Waals surface area contributed by atoms with E-state index in [0.29, 0.717) is 6.54 Å². The van der Waals surface area contributed by atoms with E-state index < -0.39 is 0 Å². The van der Waals surface area contributed by atoms with E-state index in [-0.39, 0.29) is 11.9 Å². The van der Waals surface area contributed by atoms with Crippen LogP contribution in [0.1, 0.15) is 18.5 Å². The lowest BCUT2D eigenvalue weighted by atomic mass is 10.0. The molecule has 0 saturated carbocycles. The number of benzene rings is 2. The van der Waals surface area contributed by atoms with Crippen LogP contribution in [0.3, 0.4) is 0 Å². The van der Waals surface area contributed by atoms with Crippen LogP contribution in [-0.4, -0.2) is 53.5 Å². The molecule has 1 saturated heterocycles. The molecule has 6 heteroatoms. The number of anilines is 1. The minimum atomic E-state index is -0.0265. The molecule has 1 aliphatic heterocycles. The van der Waals surface area contributed by atoms with Gasteiger partial charge in [-0.05, 0) is 29.7 Å². The van der Waals surface area contributed by atoms with Gasteiger partial charge in [0.05, 0.1) is 12.6 Å². The van der Waals surface area contributed by atoms with Crippen LogP contribution in [0.4, 0.5) is 5.95 Å². The van der Waals surface area contributed by atoms with Gasteiger partial charge in [0.15, 0.2) is 0 Å². The van der Waals surface area contributed by atoms with Gasteiger partial charge in [0, 0.05) is 38.6 Å². The van der Waals surface area contributed by atoms with Crippen LogP contribution in [0.15, 0.2) is 73.1 Å². The maximum absolute atomic E-state index is 12.5. The zero-order valence-electron chi connectivity index (χ0n) is 17.2. The van der Waals surface area contributed by atoms with Crippen molar-refractivity contribution in [2.24, 2.45) is 0 Å². The lowest BCUT2D eigenvalue weighted by Gasteiger charge is -2.34. The third-order valence-electron chi connectivity index (χ3n) is 5.47. The first-order valence-corrected chi connectivity index (χ1v) is 10.4. The van der Waals surface area contributed by atoms with Crippen LogP contribution in [-0.2, 0) is 4.79 Å². The second kappa shape index (κ2) is 9.50. The predicted octanol–water partition coefficient (Wildman–Crippen LogP) is 3.14. The van der Waals surface area contributed by atoms with Gasteiger partial charge in [-0.3, -0.25) is 9.69 Å². The summed E-state index contributed by atoms with van der Waals surface area (Å²) in [4.78, 5) is 25.5. The van der Waals surface area contributed by atoms with Crippen LogP contribution < -0.4 is 10.2 Å². The number of nitrogens with zero attached hydrogens (tertiary/aromatic N) is 4. The van der Waals surface area contributed by atoms with E-state index in [4.69, 9.17) is 0 Å². The molecular weight excluding hydrogens is 374 g/mol. The van der Waals surface area contributed by atoms with Gasteiger partial charge in [-0.2, -0.15) is 0 Å². The van der Waals surface area contributed by atoms with Gasteiger partial charge in [0.25, 0.3) is 0 Å². The molecule has 2 aromatic carbocycles. The molecule has 1 N–H and O–H groups in total.